The highest BCUT2D eigenvalue weighted by Crippen LogP contribution is 2.37. The highest BCUT2D eigenvalue weighted by atomic mass is 28.4. The molecule has 0 bridgehead atoms. The third kappa shape index (κ3) is 5.90. The molecule has 4 heteroatoms. The maximum atomic E-state index is 7.20. The van der Waals surface area contributed by atoms with Crippen LogP contribution in [0, 0.1) is 5.92 Å². The first-order valence-corrected chi connectivity index (χ1v) is 14.3. The fraction of sp³-hybridized carbons (Fsp3) is 0.571. The number of ether oxygens (including phenoxy) is 2. The van der Waals surface area contributed by atoms with Crippen molar-refractivity contribution in [3.05, 3.63) is 60.7 Å². The van der Waals surface area contributed by atoms with Gasteiger partial charge in [0.15, 0.2) is 6.29 Å². The smallest absolute Gasteiger partial charge is 0.261 e. The van der Waals surface area contributed by atoms with Gasteiger partial charge in [-0.3, -0.25) is 0 Å². The van der Waals surface area contributed by atoms with Crippen molar-refractivity contribution < 1.29 is 13.9 Å². The van der Waals surface area contributed by atoms with Crippen LogP contribution in [0.3, 0.4) is 0 Å². The molecule has 0 saturated carbocycles. The average molecular weight is 455 g/mol. The molecule has 0 aromatic heterocycles. The summed E-state index contributed by atoms with van der Waals surface area (Å²) >= 11 is 0. The van der Waals surface area contributed by atoms with Crippen LogP contribution in [-0.4, -0.2) is 33.9 Å². The van der Waals surface area contributed by atoms with E-state index in [9.17, 15) is 0 Å². The molecule has 1 unspecified atom stereocenters. The summed E-state index contributed by atoms with van der Waals surface area (Å²) in [5.41, 5.74) is 0. The van der Waals surface area contributed by atoms with E-state index in [1.807, 2.05) is 0 Å². The number of benzene rings is 2. The van der Waals surface area contributed by atoms with Crippen LogP contribution in [0.15, 0.2) is 60.7 Å². The molecule has 2 aromatic rings. The third-order valence-electron chi connectivity index (χ3n) is 6.72. The average Bonchev–Trinajstić information content (AvgIpc) is 2.80. The van der Waals surface area contributed by atoms with E-state index in [0.29, 0.717) is 12.5 Å². The zero-order valence-corrected chi connectivity index (χ0v) is 21.7. The van der Waals surface area contributed by atoms with Crippen LogP contribution in [0.2, 0.25) is 5.04 Å². The van der Waals surface area contributed by atoms with Crippen molar-refractivity contribution in [2.24, 2.45) is 5.92 Å². The summed E-state index contributed by atoms with van der Waals surface area (Å²) in [6.07, 6.45) is 5.49. The van der Waals surface area contributed by atoms with Crippen molar-refractivity contribution in [2.45, 2.75) is 84.2 Å². The van der Waals surface area contributed by atoms with Gasteiger partial charge in [-0.1, -0.05) is 102 Å². The molecule has 3 rings (SSSR count). The van der Waals surface area contributed by atoms with Crippen molar-refractivity contribution in [3.63, 3.8) is 0 Å². The molecule has 1 saturated heterocycles. The number of hydrogen-bond donors (Lipinski definition) is 0. The number of hydrogen-bond acceptors (Lipinski definition) is 3. The fourth-order valence-corrected chi connectivity index (χ4v) is 9.53. The molecule has 1 aliphatic heterocycles. The molecule has 0 amide bonds. The molecule has 3 nitrogen and oxygen atoms in total. The quantitative estimate of drug-likeness (QED) is 0.418. The molecular formula is C28H42O3Si. The van der Waals surface area contributed by atoms with Gasteiger partial charge in [-0.05, 0) is 47.0 Å². The largest absolute Gasteiger partial charge is 0.405 e. The molecule has 3 atom stereocenters. The molecule has 1 aliphatic rings. The molecule has 176 valence electrons. The second-order valence-electron chi connectivity index (χ2n) is 10.2. The van der Waals surface area contributed by atoms with E-state index in [1.165, 1.54) is 16.8 Å². The summed E-state index contributed by atoms with van der Waals surface area (Å²) < 4.78 is 19.7. The van der Waals surface area contributed by atoms with Crippen LogP contribution in [-0.2, 0) is 13.9 Å². The van der Waals surface area contributed by atoms with Gasteiger partial charge in [0, 0.05) is 6.61 Å². The Bertz CT molecular complexity index is 742. The van der Waals surface area contributed by atoms with Gasteiger partial charge in [0.2, 0.25) is 0 Å². The minimum absolute atomic E-state index is 0.0275. The van der Waals surface area contributed by atoms with E-state index in [-0.39, 0.29) is 17.4 Å². The monoisotopic (exact) mass is 454 g/mol. The molecule has 0 spiro atoms. The first-order valence-electron chi connectivity index (χ1n) is 12.4. The fourth-order valence-electron chi connectivity index (χ4n) is 4.96. The molecule has 32 heavy (non-hydrogen) atoms. The minimum atomic E-state index is -2.57. The van der Waals surface area contributed by atoms with E-state index < -0.39 is 8.32 Å². The Hall–Kier alpha value is -1.46. The second-order valence-corrected chi connectivity index (χ2v) is 14.5. The van der Waals surface area contributed by atoms with Crippen molar-refractivity contribution in [1.29, 1.82) is 0 Å². The normalized spacial score (nSPS) is 19.5. The van der Waals surface area contributed by atoms with Gasteiger partial charge in [-0.25, -0.2) is 0 Å². The minimum Gasteiger partial charge on any atom is -0.405 e. The highest BCUT2D eigenvalue weighted by Gasteiger charge is 2.50. The van der Waals surface area contributed by atoms with E-state index in [1.54, 1.807) is 0 Å². The predicted octanol–water partition coefficient (Wildman–Crippen LogP) is 5.91. The Balaban J connectivity index is 1.95. The summed E-state index contributed by atoms with van der Waals surface area (Å²) in [6.45, 7) is 12.9. The summed E-state index contributed by atoms with van der Waals surface area (Å²) in [5.74, 6) is 0.420. The Labute approximate surface area is 196 Å². The molecule has 2 aromatic carbocycles. The van der Waals surface area contributed by atoms with Gasteiger partial charge in [0.05, 0.1) is 12.7 Å². The van der Waals surface area contributed by atoms with Gasteiger partial charge in [-0.15, -0.1) is 0 Å². The Morgan fingerprint density at radius 2 is 1.56 bits per heavy atom. The Morgan fingerprint density at radius 3 is 2.03 bits per heavy atom. The van der Waals surface area contributed by atoms with E-state index >= 15 is 0 Å². The van der Waals surface area contributed by atoms with Crippen LogP contribution in [0.1, 0.15) is 66.7 Å². The van der Waals surface area contributed by atoms with Crippen molar-refractivity contribution in [2.75, 3.05) is 13.2 Å². The topological polar surface area (TPSA) is 27.7 Å². The molecule has 0 aliphatic carbocycles. The van der Waals surface area contributed by atoms with E-state index in [4.69, 9.17) is 13.9 Å². The van der Waals surface area contributed by atoms with Gasteiger partial charge in [0.1, 0.15) is 0 Å². The second kappa shape index (κ2) is 11.6. The lowest BCUT2D eigenvalue weighted by Crippen LogP contribution is -2.67. The predicted molar refractivity (Wildman–Crippen MR) is 136 cm³/mol. The Kier molecular flexibility index (Phi) is 9.12. The lowest BCUT2D eigenvalue weighted by molar-refractivity contribution is -0.203. The van der Waals surface area contributed by atoms with Gasteiger partial charge in [-0.2, -0.15) is 0 Å². The van der Waals surface area contributed by atoms with Crippen LogP contribution in [0.25, 0.3) is 0 Å². The molecule has 0 radical (unpaired) electrons. The molecule has 1 heterocycles. The van der Waals surface area contributed by atoms with Crippen molar-refractivity contribution in [3.8, 4) is 0 Å². The van der Waals surface area contributed by atoms with Gasteiger partial charge in [0.25, 0.3) is 8.32 Å². The summed E-state index contributed by atoms with van der Waals surface area (Å²) in [5, 5.41) is 2.60. The van der Waals surface area contributed by atoms with Crippen LogP contribution in [0.5, 0.6) is 0 Å². The molecule has 0 N–H and O–H groups in total. The summed E-state index contributed by atoms with van der Waals surface area (Å²) in [4.78, 5) is 0. The van der Waals surface area contributed by atoms with E-state index in [0.717, 1.165) is 32.3 Å². The third-order valence-corrected chi connectivity index (χ3v) is 11.7. The summed E-state index contributed by atoms with van der Waals surface area (Å²) in [7, 11) is -2.57. The zero-order valence-electron chi connectivity index (χ0n) is 20.7. The van der Waals surface area contributed by atoms with Crippen molar-refractivity contribution >= 4 is 18.7 Å². The first-order chi connectivity index (χ1) is 15.4. The van der Waals surface area contributed by atoms with Crippen LogP contribution >= 0.6 is 0 Å². The standard InChI is InChI=1S/C28H42O3Si/c1-6-15-23(2)26(31-27-20-13-14-21-29-27)22-30-32(28(3,4)5,24-16-9-7-10-17-24)25-18-11-8-12-19-25/h7-12,16-19,23,26-27H,6,13-15,20-22H2,1-5H3/t23-,26-,27?/m0/s1. The molecule has 1 fully saturated rings. The van der Waals surface area contributed by atoms with Crippen LogP contribution < -0.4 is 10.4 Å². The SMILES string of the molecule is CCC[C@H](C)[C@H](CO[Si](c1ccccc1)(c1ccccc1)C(C)(C)C)OC1CCCCO1. The first kappa shape index (κ1) is 25.2. The van der Waals surface area contributed by atoms with Gasteiger partial charge < -0.3 is 13.9 Å². The maximum Gasteiger partial charge on any atom is 0.261 e. The van der Waals surface area contributed by atoms with Crippen LogP contribution in [0.4, 0.5) is 0 Å². The highest BCUT2D eigenvalue weighted by molar-refractivity contribution is 6.99. The Morgan fingerprint density at radius 1 is 0.969 bits per heavy atom. The van der Waals surface area contributed by atoms with Gasteiger partial charge >= 0.3 is 0 Å². The molecular weight excluding hydrogens is 412 g/mol. The summed E-state index contributed by atoms with van der Waals surface area (Å²) in [6, 6.07) is 21.7. The maximum absolute atomic E-state index is 7.20. The zero-order chi connectivity index (χ0) is 23.0. The van der Waals surface area contributed by atoms with E-state index in [2.05, 4.69) is 95.3 Å². The van der Waals surface area contributed by atoms with Crippen molar-refractivity contribution in [1.82, 2.24) is 0 Å². The lowest BCUT2D eigenvalue weighted by atomic mass is 10.00. The number of rotatable bonds is 10. The lowest BCUT2D eigenvalue weighted by Gasteiger charge is -2.44.